The van der Waals surface area contributed by atoms with E-state index >= 15 is 0 Å². The van der Waals surface area contributed by atoms with Crippen molar-refractivity contribution in [1.29, 1.82) is 0 Å². The first-order chi connectivity index (χ1) is 14.3. The fraction of sp³-hybridized carbons (Fsp3) is 0.417. The number of Topliss-reactive ketones (excluding diaryl/α,β-unsaturated/α-hetero) is 1. The van der Waals surface area contributed by atoms with Crippen LogP contribution in [-0.2, 0) is 4.79 Å². The summed E-state index contributed by atoms with van der Waals surface area (Å²) in [5, 5.41) is 2.91. The van der Waals surface area contributed by atoms with Crippen LogP contribution in [0.5, 0.6) is 17.2 Å². The van der Waals surface area contributed by atoms with Crippen LogP contribution in [0.3, 0.4) is 0 Å². The lowest BCUT2D eigenvalue weighted by Crippen LogP contribution is -2.31. The highest BCUT2D eigenvalue weighted by molar-refractivity contribution is 5.95. The standard InChI is InChI=1S/C24H31NO5/c1-6-21(26)18-7-10-20(11-8-18)29-15-24(27)25-17(4)19-9-12-22(23(13-19)28-5)30-14-16(2)3/h7-13,16-17H,6,14-15H2,1-5H3,(H,25,27). The second-order valence-corrected chi connectivity index (χ2v) is 7.49. The van der Waals surface area contributed by atoms with E-state index in [1.807, 2.05) is 32.0 Å². The van der Waals surface area contributed by atoms with Gasteiger partial charge < -0.3 is 19.5 Å². The van der Waals surface area contributed by atoms with Crippen molar-refractivity contribution in [2.24, 2.45) is 5.92 Å². The number of hydrogen-bond acceptors (Lipinski definition) is 5. The highest BCUT2D eigenvalue weighted by Crippen LogP contribution is 2.30. The van der Waals surface area contributed by atoms with Crippen molar-refractivity contribution in [3.05, 3.63) is 53.6 Å². The summed E-state index contributed by atoms with van der Waals surface area (Å²) in [5.74, 6) is 2.10. The molecule has 6 heteroatoms. The van der Waals surface area contributed by atoms with E-state index in [-0.39, 0.29) is 24.3 Å². The predicted molar refractivity (Wildman–Crippen MR) is 116 cm³/mol. The lowest BCUT2D eigenvalue weighted by Gasteiger charge is -2.18. The van der Waals surface area contributed by atoms with Gasteiger partial charge in [-0.1, -0.05) is 26.8 Å². The molecule has 162 valence electrons. The van der Waals surface area contributed by atoms with Gasteiger partial charge in [-0.2, -0.15) is 0 Å². The summed E-state index contributed by atoms with van der Waals surface area (Å²) in [6.45, 7) is 8.37. The molecule has 0 aliphatic rings. The van der Waals surface area contributed by atoms with E-state index in [1.54, 1.807) is 31.4 Å². The number of carbonyl (C=O) groups excluding carboxylic acids is 2. The molecule has 1 unspecified atom stereocenters. The maximum absolute atomic E-state index is 12.3. The minimum Gasteiger partial charge on any atom is -0.493 e. The molecule has 0 saturated carbocycles. The minimum atomic E-state index is -0.240. The molecule has 0 radical (unpaired) electrons. The zero-order valence-corrected chi connectivity index (χ0v) is 18.4. The van der Waals surface area contributed by atoms with Crippen LogP contribution in [0, 0.1) is 5.92 Å². The Morgan fingerprint density at radius 1 is 0.967 bits per heavy atom. The molecule has 2 aromatic carbocycles. The van der Waals surface area contributed by atoms with Gasteiger partial charge in [0.05, 0.1) is 19.8 Å². The van der Waals surface area contributed by atoms with Gasteiger partial charge in [0.25, 0.3) is 5.91 Å². The SMILES string of the molecule is CCC(=O)c1ccc(OCC(=O)NC(C)c2ccc(OCC(C)C)c(OC)c2)cc1. The van der Waals surface area contributed by atoms with Crippen molar-refractivity contribution in [3.8, 4) is 17.2 Å². The van der Waals surface area contributed by atoms with E-state index in [4.69, 9.17) is 14.2 Å². The van der Waals surface area contributed by atoms with Crippen LogP contribution in [0.25, 0.3) is 0 Å². The van der Waals surface area contributed by atoms with E-state index in [0.717, 1.165) is 5.56 Å². The smallest absolute Gasteiger partial charge is 0.258 e. The van der Waals surface area contributed by atoms with Crippen molar-refractivity contribution in [1.82, 2.24) is 5.32 Å². The van der Waals surface area contributed by atoms with Gasteiger partial charge in [-0.05, 0) is 54.8 Å². The number of ketones is 1. The number of methoxy groups -OCH3 is 1. The maximum atomic E-state index is 12.3. The molecule has 1 atom stereocenters. The van der Waals surface area contributed by atoms with E-state index < -0.39 is 0 Å². The lowest BCUT2D eigenvalue weighted by atomic mass is 10.1. The number of benzene rings is 2. The molecule has 0 saturated heterocycles. The number of carbonyl (C=O) groups is 2. The fourth-order valence-corrected chi connectivity index (χ4v) is 2.79. The molecule has 0 heterocycles. The molecule has 2 rings (SSSR count). The second kappa shape index (κ2) is 11.2. The van der Waals surface area contributed by atoms with Gasteiger partial charge in [-0.15, -0.1) is 0 Å². The third-order valence-electron chi connectivity index (χ3n) is 4.50. The molecular formula is C24H31NO5. The monoisotopic (exact) mass is 413 g/mol. The van der Waals surface area contributed by atoms with Gasteiger partial charge in [0.15, 0.2) is 23.9 Å². The van der Waals surface area contributed by atoms with Crippen LogP contribution in [0.15, 0.2) is 42.5 Å². The first-order valence-electron chi connectivity index (χ1n) is 10.2. The average Bonchev–Trinajstić information content (AvgIpc) is 2.75. The van der Waals surface area contributed by atoms with E-state index in [2.05, 4.69) is 19.2 Å². The quantitative estimate of drug-likeness (QED) is 0.546. The van der Waals surface area contributed by atoms with E-state index in [9.17, 15) is 9.59 Å². The summed E-state index contributed by atoms with van der Waals surface area (Å²) < 4.78 is 16.7. The van der Waals surface area contributed by atoms with Gasteiger partial charge in [-0.3, -0.25) is 9.59 Å². The fourth-order valence-electron chi connectivity index (χ4n) is 2.79. The molecule has 0 aliphatic carbocycles. The Labute approximate surface area is 178 Å². The summed E-state index contributed by atoms with van der Waals surface area (Å²) in [6, 6.07) is 12.2. The number of rotatable bonds is 11. The zero-order valence-electron chi connectivity index (χ0n) is 18.4. The second-order valence-electron chi connectivity index (χ2n) is 7.49. The van der Waals surface area contributed by atoms with Crippen molar-refractivity contribution in [2.45, 2.75) is 40.2 Å². The molecule has 2 aromatic rings. The van der Waals surface area contributed by atoms with Crippen LogP contribution >= 0.6 is 0 Å². The Morgan fingerprint density at radius 3 is 2.27 bits per heavy atom. The van der Waals surface area contributed by atoms with Crippen LogP contribution < -0.4 is 19.5 Å². The van der Waals surface area contributed by atoms with Crippen LogP contribution in [0.4, 0.5) is 0 Å². The van der Waals surface area contributed by atoms with Crippen LogP contribution in [0.2, 0.25) is 0 Å². The molecule has 6 nitrogen and oxygen atoms in total. The number of ether oxygens (including phenoxy) is 3. The summed E-state index contributed by atoms with van der Waals surface area (Å²) in [4.78, 5) is 23.9. The minimum absolute atomic E-state index is 0.0733. The third kappa shape index (κ3) is 6.79. The largest absolute Gasteiger partial charge is 0.493 e. The van der Waals surface area contributed by atoms with Crippen molar-refractivity contribution >= 4 is 11.7 Å². The van der Waals surface area contributed by atoms with Crippen molar-refractivity contribution < 1.29 is 23.8 Å². The normalized spacial score (nSPS) is 11.7. The topological polar surface area (TPSA) is 73.9 Å². The predicted octanol–water partition coefficient (Wildman–Crippen LogP) is 4.58. The summed E-state index contributed by atoms with van der Waals surface area (Å²) >= 11 is 0. The Balaban J connectivity index is 1.91. The molecule has 0 bridgehead atoms. The lowest BCUT2D eigenvalue weighted by molar-refractivity contribution is -0.123. The Kier molecular flexibility index (Phi) is 8.71. The summed E-state index contributed by atoms with van der Waals surface area (Å²) in [6.07, 6.45) is 0.454. The van der Waals surface area contributed by atoms with E-state index in [1.165, 1.54) is 0 Å². The molecule has 30 heavy (non-hydrogen) atoms. The highest BCUT2D eigenvalue weighted by Gasteiger charge is 2.14. The van der Waals surface area contributed by atoms with Gasteiger partial charge in [0.1, 0.15) is 5.75 Å². The molecule has 1 N–H and O–H groups in total. The molecule has 0 fully saturated rings. The third-order valence-corrected chi connectivity index (χ3v) is 4.50. The first-order valence-corrected chi connectivity index (χ1v) is 10.2. The summed E-state index contributed by atoms with van der Waals surface area (Å²) in [5.41, 5.74) is 1.54. The average molecular weight is 414 g/mol. The number of nitrogens with one attached hydrogen (secondary N) is 1. The molecular weight excluding hydrogens is 382 g/mol. The van der Waals surface area contributed by atoms with Gasteiger partial charge in [-0.25, -0.2) is 0 Å². The molecule has 0 aliphatic heterocycles. The molecule has 0 aromatic heterocycles. The van der Waals surface area contributed by atoms with Gasteiger partial charge in [0.2, 0.25) is 0 Å². The number of amides is 1. The Hall–Kier alpha value is -3.02. The summed E-state index contributed by atoms with van der Waals surface area (Å²) in [7, 11) is 1.60. The van der Waals surface area contributed by atoms with Gasteiger partial charge >= 0.3 is 0 Å². The first kappa shape index (κ1) is 23.3. The Morgan fingerprint density at radius 2 is 1.67 bits per heavy atom. The maximum Gasteiger partial charge on any atom is 0.258 e. The highest BCUT2D eigenvalue weighted by atomic mass is 16.5. The van der Waals surface area contributed by atoms with E-state index in [0.29, 0.717) is 41.8 Å². The Bertz CT molecular complexity index is 845. The number of hydrogen-bond donors (Lipinski definition) is 1. The van der Waals surface area contributed by atoms with Gasteiger partial charge in [0, 0.05) is 12.0 Å². The molecule has 0 spiro atoms. The molecule has 1 amide bonds. The van der Waals surface area contributed by atoms with Crippen LogP contribution in [0.1, 0.15) is 56.1 Å². The zero-order chi connectivity index (χ0) is 22.1. The van der Waals surface area contributed by atoms with Crippen molar-refractivity contribution in [3.63, 3.8) is 0 Å². The van der Waals surface area contributed by atoms with Crippen molar-refractivity contribution in [2.75, 3.05) is 20.3 Å². The van der Waals surface area contributed by atoms with Crippen LogP contribution in [-0.4, -0.2) is 32.0 Å².